The van der Waals surface area contributed by atoms with Crippen molar-refractivity contribution in [1.29, 1.82) is 0 Å². The molecule has 0 unspecified atom stereocenters. The van der Waals surface area contributed by atoms with Gasteiger partial charge in [0.05, 0.1) is 16.8 Å². The van der Waals surface area contributed by atoms with E-state index < -0.39 is 5.82 Å². The van der Waals surface area contributed by atoms with Gasteiger partial charge >= 0.3 is 0 Å². The van der Waals surface area contributed by atoms with E-state index in [0.717, 1.165) is 5.69 Å². The van der Waals surface area contributed by atoms with Crippen molar-refractivity contribution in [3.05, 3.63) is 70.3 Å². The second-order valence-electron chi connectivity index (χ2n) is 5.08. The predicted molar refractivity (Wildman–Crippen MR) is 81.8 cm³/mol. The number of aryl methyl sites for hydroxylation is 1. The first kappa shape index (κ1) is 12.8. The summed E-state index contributed by atoms with van der Waals surface area (Å²) in [5, 5.41) is 5.00. The molecule has 0 spiro atoms. The average Bonchev–Trinajstić information content (AvgIpc) is 2.86. The fraction of sp³-hybridized carbons (Fsp3) is 0.0588. The van der Waals surface area contributed by atoms with Crippen LogP contribution in [0.1, 0.15) is 5.69 Å². The third-order valence-corrected chi connectivity index (χ3v) is 3.64. The zero-order valence-electron chi connectivity index (χ0n) is 11.7. The molecule has 4 aromatic rings. The Bertz CT molecular complexity index is 1060. The molecule has 0 radical (unpaired) electrons. The summed E-state index contributed by atoms with van der Waals surface area (Å²) in [6, 6.07) is 13.3. The fourth-order valence-corrected chi connectivity index (χ4v) is 2.61. The number of para-hydroxylation sites is 1. The molecule has 0 saturated carbocycles. The van der Waals surface area contributed by atoms with Crippen LogP contribution >= 0.6 is 0 Å². The Balaban J connectivity index is 2.17. The number of hydrogen-bond acceptors (Lipinski definition) is 3. The Morgan fingerprint density at radius 2 is 1.91 bits per heavy atom. The van der Waals surface area contributed by atoms with Gasteiger partial charge in [-0.05, 0) is 37.3 Å². The van der Waals surface area contributed by atoms with Crippen molar-refractivity contribution >= 4 is 22.1 Å². The van der Waals surface area contributed by atoms with E-state index in [2.05, 4.69) is 5.10 Å². The molecule has 0 fully saturated rings. The second-order valence-corrected chi connectivity index (χ2v) is 5.08. The number of rotatable bonds is 1. The Morgan fingerprint density at radius 3 is 2.68 bits per heavy atom. The molecule has 5 heteroatoms. The Labute approximate surface area is 124 Å². The lowest BCUT2D eigenvalue weighted by Crippen LogP contribution is -2.03. The highest BCUT2D eigenvalue weighted by molar-refractivity contribution is 5.90. The Kier molecular flexibility index (Phi) is 2.63. The highest BCUT2D eigenvalue weighted by Crippen LogP contribution is 2.23. The van der Waals surface area contributed by atoms with Crippen LogP contribution in [0.3, 0.4) is 0 Å². The first-order valence-corrected chi connectivity index (χ1v) is 6.82. The van der Waals surface area contributed by atoms with Gasteiger partial charge in [0.15, 0.2) is 0 Å². The monoisotopic (exact) mass is 294 g/mol. The van der Waals surface area contributed by atoms with Gasteiger partial charge in [0.25, 0.3) is 0 Å². The molecule has 0 aliphatic heterocycles. The number of halogens is 1. The Hall–Kier alpha value is -2.95. The normalized spacial score (nSPS) is 11.4. The van der Waals surface area contributed by atoms with Crippen LogP contribution in [0.25, 0.3) is 27.8 Å². The third kappa shape index (κ3) is 1.75. The van der Waals surface area contributed by atoms with E-state index in [1.807, 2.05) is 30.3 Å². The fourth-order valence-electron chi connectivity index (χ4n) is 2.61. The summed E-state index contributed by atoms with van der Waals surface area (Å²) < 4.78 is 20.8. The van der Waals surface area contributed by atoms with Gasteiger partial charge < -0.3 is 4.42 Å². The highest BCUT2D eigenvalue weighted by Gasteiger charge is 2.17. The summed E-state index contributed by atoms with van der Waals surface area (Å²) in [6.07, 6.45) is 0. The van der Waals surface area contributed by atoms with E-state index in [0.29, 0.717) is 22.4 Å². The first-order valence-electron chi connectivity index (χ1n) is 6.82. The molecule has 22 heavy (non-hydrogen) atoms. The molecule has 0 aliphatic carbocycles. The lowest BCUT2D eigenvalue weighted by Gasteiger charge is -2.03. The molecule has 0 atom stereocenters. The SMILES string of the molecule is Cc1nn(-c2ccccc2)c2oc3ccc(F)cc3c(=O)c12. The molecular formula is C17H11FN2O2. The van der Waals surface area contributed by atoms with Crippen LogP contribution in [0.2, 0.25) is 0 Å². The van der Waals surface area contributed by atoms with Gasteiger partial charge in [-0.15, -0.1) is 0 Å². The number of nitrogens with zero attached hydrogens (tertiary/aromatic N) is 2. The molecule has 108 valence electrons. The van der Waals surface area contributed by atoms with E-state index in [4.69, 9.17) is 4.42 Å². The average molecular weight is 294 g/mol. The molecule has 4 rings (SSSR count). The van der Waals surface area contributed by atoms with Gasteiger partial charge in [-0.1, -0.05) is 18.2 Å². The number of hydrogen-bond donors (Lipinski definition) is 0. The van der Waals surface area contributed by atoms with Gasteiger partial charge in [-0.3, -0.25) is 4.79 Å². The van der Waals surface area contributed by atoms with E-state index in [-0.39, 0.29) is 10.8 Å². The summed E-state index contributed by atoms with van der Waals surface area (Å²) in [5.41, 5.74) is 1.79. The minimum absolute atomic E-state index is 0.225. The molecule has 0 N–H and O–H groups in total. The van der Waals surface area contributed by atoms with E-state index in [1.54, 1.807) is 11.6 Å². The number of aromatic nitrogens is 2. The maximum atomic E-state index is 13.4. The summed E-state index contributed by atoms with van der Waals surface area (Å²) in [4.78, 5) is 12.6. The van der Waals surface area contributed by atoms with Crippen molar-refractivity contribution in [3.8, 4) is 5.69 Å². The van der Waals surface area contributed by atoms with Crippen molar-refractivity contribution in [1.82, 2.24) is 9.78 Å². The van der Waals surface area contributed by atoms with Crippen LogP contribution in [0.5, 0.6) is 0 Å². The van der Waals surface area contributed by atoms with E-state index >= 15 is 0 Å². The zero-order valence-corrected chi connectivity index (χ0v) is 11.7. The molecule has 0 bridgehead atoms. The van der Waals surface area contributed by atoms with Crippen molar-refractivity contribution in [2.24, 2.45) is 0 Å². The van der Waals surface area contributed by atoms with Crippen LogP contribution in [0.15, 0.2) is 57.7 Å². The number of fused-ring (bicyclic) bond motifs is 2. The third-order valence-electron chi connectivity index (χ3n) is 3.64. The minimum Gasteiger partial charge on any atom is -0.437 e. The highest BCUT2D eigenvalue weighted by atomic mass is 19.1. The number of benzene rings is 2. The molecular weight excluding hydrogens is 283 g/mol. The molecule has 2 aromatic carbocycles. The van der Waals surface area contributed by atoms with Crippen molar-refractivity contribution in [2.45, 2.75) is 6.92 Å². The summed E-state index contributed by atoms with van der Waals surface area (Å²) >= 11 is 0. The van der Waals surface area contributed by atoms with Gasteiger partial charge in [0.2, 0.25) is 11.1 Å². The molecule has 0 amide bonds. The van der Waals surface area contributed by atoms with Gasteiger partial charge in [0.1, 0.15) is 16.8 Å². The van der Waals surface area contributed by atoms with Crippen LogP contribution in [-0.2, 0) is 0 Å². The van der Waals surface area contributed by atoms with Crippen LogP contribution in [0.4, 0.5) is 4.39 Å². The lowest BCUT2D eigenvalue weighted by atomic mass is 10.2. The maximum Gasteiger partial charge on any atom is 0.234 e. The minimum atomic E-state index is -0.466. The lowest BCUT2D eigenvalue weighted by molar-refractivity contribution is 0.611. The summed E-state index contributed by atoms with van der Waals surface area (Å²) in [7, 11) is 0. The second kappa shape index (κ2) is 4.53. The molecule has 2 aromatic heterocycles. The van der Waals surface area contributed by atoms with Gasteiger partial charge in [-0.25, -0.2) is 4.39 Å². The quantitative estimate of drug-likeness (QED) is 0.539. The van der Waals surface area contributed by atoms with Crippen molar-refractivity contribution in [3.63, 3.8) is 0 Å². The van der Waals surface area contributed by atoms with E-state index in [9.17, 15) is 9.18 Å². The first-order chi connectivity index (χ1) is 10.6. The smallest absolute Gasteiger partial charge is 0.234 e. The van der Waals surface area contributed by atoms with Crippen molar-refractivity contribution < 1.29 is 8.81 Å². The maximum absolute atomic E-state index is 13.4. The zero-order chi connectivity index (χ0) is 15.3. The van der Waals surface area contributed by atoms with Crippen LogP contribution in [-0.4, -0.2) is 9.78 Å². The summed E-state index contributed by atoms with van der Waals surface area (Å²) in [6.45, 7) is 1.74. The largest absolute Gasteiger partial charge is 0.437 e. The molecule has 0 aliphatic rings. The van der Waals surface area contributed by atoms with Crippen LogP contribution < -0.4 is 5.43 Å². The van der Waals surface area contributed by atoms with Crippen molar-refractivity contribution in [2.75, 3.05) is 0 Å². The molecule has 0 saturated heterocycles. The standard InChI is InChI=1S/C17H11FN2O2/c1-10-15-16(21)13-9-11(18)7-8-14(13)22-17(15)20(19-10)12-5-3-2-4-6-12/h2-9H,1H3. The van der Waals surface area contributed by atoms with Gasteiger partial charge in [0, 0.05) is 0 Å². The van der Waals surface area contributed by atoms with Crippen LogP contribution in [0, 0.1) is 12.7 Å². The Morgan fingerprint density at radius 1 is 1.14 bits per heavy atom. The topological polar surface area (TPSA) is 48.0 Å². The molecule has 2 heterocycles. The van der Waals surface area contributed by atoms with E-state index in [1.165, 1.54) is 18.2 Å². The predicted octanol–water partition coefficient (Wildman–Crippen LogP) is 3.58. The molecule has 4 nitrogen and oxygen atoms in total. The summed E-state index contributed by atoms with van der Waals surface area (Å²) in [5.74, 6) is -0.466. The van der Waals surface area contributed by atoms with Gasteiger partial charge in [-0.2, -0.15) is 9.78 Å².